The lowest BCUT2D eigenvalue weighted by Crippen LogP contribution is -2.40. The van der Waals surface area contributed by atoms with Gasteiger partial charge in [-0.05, 0) is 29.6 Å². The van der Waals surface area contributed by atoms with Gasteiger partial charge >= 0.3 is 5.97 Å². The molecule has 2 aromatic carbocycles. The number of hydrogen-bond donors (Lipinski definition) is 1. The number of thioether (sulfide) groups is 1. The molecule has 122 valence electrons. The van der Waals surface area contributed by atoms with Crippen LogP contribution in [0.1, 0.15) is 17.5 Å². The van der Waals surface area contributed by atoms with Gasteiger partial charge in [0, 0.05) is 13.1 Å². The normalized spacial score (nSPS) is 12.3. The smallest absolute Gasteiger partial charge is 0.320 e. The molecule has 0 saturated heterocycles. The van der Waals surface area contributed by atoms with Crippen LogP contribution in [0.5, 0.6) is 0 Å². The highest BCUT2D eigenvalue weighted by Gasteiger charge is 2.25. The highest BCUT2D eigenvalue weighted by molar-refractivity contribution is 7.98. The summed E-state index contributed by atoms with van der Waals surface area (Å²) in [5, 5.41) is 9.68. The first-order valence-electron chi connectivity index (χ1n) is 7.74. The molecule has 1 atom stereocenters. The molecule has 4 heteroatoms. The molecule has 0 aliphatic heterocycles. The second-order valence-electron chi connectivity index (χ2n) is 5.51. The van der Waals surface area contributed by atoms with Gasteiger partial charge in [0.1, 0.15) is 6.04 Å². The number of carboxylic acids is 1. The number of carbonyl (C=O) groups is 1. The van der Waals surface area contributed by atoms with Crippen molar-refractivity contribution in [1.29, 1.82) is 0 Å². The molecule has 3 nitrogen and oxygen atoms in total. The van der Waals surface area contributed by atoms with E-state index in [4.69, 9.17) is 0 Å². The molecule has 0 fully saturated rings. The van der Waals surface area contributed by atoms with Crippen molar-refractivity contribution in [3.63, 3.8) is 0 Å². The molecule has 0 radical (unpaired) electrons. The van der Waals surface area contributed by atoms with Crippen molar-refractivity contribution >= 4 is 17.7 Å². The van der Waals surface area contributed by atoms with E-state index in [2.05, 4.69) is 4.90 Å². The number of hydrogen-bond acceptors (Lipinski definition) is 3. The molecular formula is C19H23NO2S. The van der Waals surface area contributed by atoms with Crippen LogP contribution in [0.4, 0.5) is 0 Å². The predicted octanol–water partition coefficient (Wildman–Crippen LogP) is 3.90. The number of carboxylic acid groups (broad SMARTS) is 1. The zero-order valence-electron chi connectivity index (χ0n) is 13.4. The molecule has 0 heterocycles. The molecule has 0 spiro atoms. The Labute approximate surface area is 142 Å². The number of benzene rings is 2. The first kappa shape index (κ1) is 17.6. The molecule has 0 aliphatic rings. The minimum absolute atomic E-state index is 0.470. The zero-order chi connectivity index (χ0) is 16.5. The molecule has 1 N–H and O–H groups in total. The first-order valence-corrected chi connectivity index (χ1v) is 9.13. The standard InChI is InChI=1S/C19H23NO2S/c1-23-13-12-18(19(21)22)20(14-16-8-4-2-5-9-16)15-17-10-6-3-7-11-17/h2-11,18H,12-15H2,1H3,(H,21,22)/t18-/m0/s1. The van der Waals surface area contributed by atoms with Crippen LogP contribution < -0.4 is 0 Å². The summed E-state index contributed by atoms with van der Waals surface area (Å²) >= 11 is 1.69. The SMILES string of the molecule is CSCC[C@@H](C(=O)O)N(Cc1ccccc1)Cc1ccccc1. The Kier molecular flexibility index (Phi) is 7.17. The molecule has 23 heavy (non-hydrogen) atoms. The van der Waals surface area contributed by atoms with Crippen LogP contribution in [0.25, 0.3) is 0 Å². The summed E-state index contributed by atoms with van der Waals surface area (Å²) in [7, 11) is 0. The summed E-state index contributed by atoms with van der Waals surface area (Å²) in [6.45, 7) is 1.28. The van der Waals surface area contributed by atoms with Crippen LogP contribution >= 0.6 is 11.8 Å². The van der Waals surface area contributed by atoms with Crippen molar-refractivity contribution < 1.29 is 9.90 Å². The quantitative estimate of drug-likeness (QED) is 0.757. The maximum Gasteiger partial charge on any atom is 0.320 e. The molecule has 0 bridgehead atoms. The Hall–Kier alpha value is -1.78. The predicted molar refractivity (Wildman–Crippen MR) is 96.6 cm³/mol. The Bertz CT molecular complexity index is 547. The van der Waals surface area contributed by atoms with Gasteiger partial charge in [0.25, 0.3) is 0 Å². The number of nitrogens with zero attached hydrogens (tertiary/aromatic N) is 1. The van der Waals surface area contributed by atoms with Crippen molar-refractivity contribution in [2.24, 2.45) is 0 Å². The largest absolute Gasteiger partial charge is 0.480 e. The Morgan fingerprint density at radius 2 is 1.48 bits per heavy atom. The summed E-state index contributed by atoms with van der Waals surface area (Å²) in [4.78, 5) is 13.8. The molecule has 2 aromatic rings. The average molecular weight is 329 g/mol. The van der Waals surface area contributed by atoms with E-state index < -0.39 is 12.0 Å². The van der Waals surface area contributed by atoms with Gasteiger partial charge in [0.05, 0.1) is 0 Å². The van der Waals surface area contributed by atoms with Crippen LogP contribution in [0.15, 0.2) is 60.7 Å². The molecular weight excluding hydrogens is 306 g/mol. The Morgan fingerprint density at radius 3 is 1.87 bits per heavy atom. The van der Waals surface area contributed by atoms with Gasteiger partial charge in [-0.1, -0.05) is 60.7 Å². The van der Waals surface area contributed by atoms with Crippen molar-refractivity contribution in [3.8, 4) is 0 Å². The van der Waals surface area contributed by atoms with E-state index in [0.29, 0.717) is 19.5 Å². The minimum atomic E-state index is -0.745. The fourth-order valence-corrected chi connectivity index (χ4v) is 3.06. The maximum absolute atomic E-state index is 11.8. The third-order valence-corrected chi connectivity index (χ3v) is 4.42. The maximum atomic E-state index is 11.8. The number of aliphatic carboxylic acids is 1. The summed E-state index contributed by atoms with van der Waals surface area (Å²) in [6, 6.07) is 19.7. The zero-order valence-corrected chi connectivity index (χ0v) is 14.2. The van der Waals surface area contributed by atoms with E-state index in [-0.39, 0.29) is 0 Å². The van der Waals surface area contributed by atoms with E-state index in [1.54, 1.807) is 11.8 Å². The summed E-state index contributed by atoms with van der Waals surface area (Å²) in [5.74, 6) is 0.0998. The lowest BCUT2D eigenvalue weighted by molar-refractivity contribution is -0.143. The Balaban J connectivity index is 2.19. The van der Waals surface area contributed by atoms with Crippen molar-refractivity contribution in [3.05, 3.63) is 71.8 Å². The molecule has 0 unspecified atom stereocenters. The lowest BCUT2D eigenvalue weighted by atomic mass is 10.1. The highest BCUT2D eigenvalue weighted by atomic mass is 32.2. The second-order valence-corrected chi connectivity index (χ2v) is 6.50. The van der Waals surface area contributed by atoms with Crippen LogP contribution in [0.3, 0.4) is 0 Å². The van der Waals surface area contributed by atoms with Gasteiger partial charge in [-0.25, -0.2) is 0 Å². The van der Waals surface area contributed by atoms with E-state index in [1.807, 2.05) is 66.9 Å². The van der Waals surface area contributed by atoms with Crippen LogP contribution in [-0.4, -0.2) is 34.0 Å². The number of rotatable bonds is 9. The van der Waals surface area contributed by atoms with E-state index in [0.717, 1.165) is 16.9 Å². The fraction of sp³-hybridized carbons (Fsp3) is 0.316. The Morgan fingerprint density at radius 1 is 1.00 bits per heavy atom. The molecule has 2 rings (SSSR count). The summed E-state index contributed by atoms with van der Waals surface area (Å²) in [5.41, 5.74) is 2.28. The lowest BCUT2D eigenvalue weighted by Gasteiger charge is -2.29. The molecule has 0 aliphatic carbocycles. The van der Waals surface area contributed by atoms with E-state index >= 15 is 0 Å². The van der Waals surface area contributed by atoms with E-state index in [1.165, 1.54) is 0 Å². The van der Waals surface area contributed by atoms with Crippen molar-refractivity contribution in [1.82, 2.24) is 4.90 Å². The minimum Gasteiger partial charge on any atom is -0.480 e. The van der Waals surface area contributed by atoms with Crippen LogP contribution in [0.2, 0.25) is 0 Å². The summed E-state index contributed by atoms with van der Waals surface area (Å²) < 4.78 is 0. The molecule has 0 saturated carbocycles. The summed E-state index contributed by atoms with van der Waals surface area (Å²) in [6.07, 6.45) is 2.66. The van der Waals surface area contributed by atoms with Crippen molar-refractivity contribution in [2.75, 3.05) is 12.0 Å². The van der Waals surface area contributed by atoms with Gasteiger partial charge in [0.2, 0.25) is 0 Å². The van der Waals surface area contributed by atoms with E-state index in [9.17, 15) is 9.90 Å². The topological polar surface area (TPSA) is 40.5 Å². The van der Waals surface area contributed by atoms with Crippen LogP contribution in [-0.2, 0) is 17.9 Å². The van der Waals surface area contributed by atoms with Gasteiger partial charge in [-0.2, -0.15) is 11.8 Å². The van der Waals surface area contributed by atoms with Gasteiger partial charge in [0.15, 0.2) is 0 Å². The molecule has 0 amide bonds. The van der Waals surface area contributed by atoms with Gasteiger partial charge < -0.3 is 5.11 Å². The highest BCUT2D eigenvalue weighted by Crippen LogP contribution is 2.17. The molecule has 0 aromatic heterocycles. The van der Waals surface area contributed by atoms with Crippen molar-refractivity contribution in [2.45, 2.75) is 25.6 Å². The van der Waals surface area contributed by atoms with Crippen LogP contribution in [0, 0.1) is 0 Å². The monoisotopic (exact) mass is 329 g/mol. The first-order chi connectivity index (χ1) is 11.2. The average Bonchev–Trinajstić information content (AvgIpc) is 2.56. The van der Waals surface area contributed by atoms with Gasteiger partial charge in [-0.3, -0.25) is 9.69 Å². The third kappa shape index (κ3) is 5.73. The second kappa shape index (κ2) is 9.38. The fourth-order valence-electron chi connectivity index (χ4n) is 2.60. The third-order valence-electron chi connectivity index (χ3n) is 3.78. The van der Waals surface area contributed by atoms with Gasteiger partial charge in [-0.15, -0.1) is 0 Å².